The Labute approximate surface area is 84.8 Å². The van der Waals surface area contributed by atoms with Crippen LogP contribution in [-0.2, 0) is 0 Å². The van der Waals surface area contributed by atoms with Gasteiger partial charge in [0.1, 0.15) is 11.6 Å². The molecule has 0 N–H and O–H groups in total. The average Bonchev–Trinajstić information content (AvgIpc) is 1.94. The van der Waals surface area contributed by atoms with E-state index < -0.39 is 17.9 Å². The standard InChI is InChI=1S/C7H3F4IO/c8-4-1-2-5(12)6(3-4)13-7(9,10)11/h1-3H. The second-order valence-corrected chi connectivity index (χ2v) is 3.28. The third-order valence-electron chi connectivity index (χ3n) is 1.12. The molecule has 0 heterocycles. The molecular formula is C7H3F4IO. The van der Waals surface area contributed by atoms with E-state index in [1.807, 2.05) is 0 Å². The summed E-state index contributed by atoms with van der Waals surface area (Å²) in [6.07, 6.45) is -4.78. The quantitative estimate of drug-likeness (QED) is 0.571. The Morgan fingerprint density at radius 3 is 2.38 bits per heavy atom. The molecule has 0 saturated carbocycles. The molecule has 6 heteroatoms. The van der Waals surface area contributed by atoms with Gasteiger partial charge in [0, 0.05) is 6.07 Å². The van der Waals surface area contributed by atoms with Crippen molar-refractivity contribution in [2.75, 3.05) is 0 Å². The van der Waals surface area contributed by atoms with E-state index in [1.54, 1.807) is 22.6 Å². The summed E-state index contributed by atoms with van der Waals surface area (Å²) in [7, 11) is 0. The van der Waals surface area contributed by atoms with Crippen molar-refractivity contribution in [3.8, 4) is 5.75 Å². The van der Waals surface area contributed by atoms with Crippen LogP contribution in [0.25, 0.3) is 0 Å². The molecular weight excluding hydrogens is 303 g/mol. The number of rotatable bonds is 1. The molecule has 1 rings (SSSR count). The SMILES string of the molecule is Fc1ccc(I)c(OC(F)(F)F)c1. The maximum Gasteiger partial charge on any atom is 0.573 e. The highest BCUT2D eigenvalue weighted by Crippen LogP contribution is 2.27. The fourth-order valence-electron chi connectivity index (χ4n) is 0.680. The van der Waals surface area contributed by atoms with Crippen LogP contribution in [0.2, 0.25) is 0 Å². The fraction of sp³-hybridized carbons (Fsp3) is 0.143. The van der Waals surface area contributed by atoms with Crippen molar-refractivity contribution in [1.82, 2.24) is 0 Å². The second kappa shape index (κ2) is 3.69. The van der Waals surface area contributed by atoms with Gasteiger partial charge in [0.25, 0.3) is 0 Å². The zero-order valence-electron chi connectivity index (χ0n) is 6.03. The minimum absolute atomic E-state index is 0.205. The summed E-state index contributed by atoms with van der Waals surface area (Å²) in [4.78, 5) is 0. The zero-order valence-corrected chi connectivity index (χ0v) is 8.19. The van der Waals surface area contributed by atoms with Gasteiger partial charge in [-0.15, -0.1) is 13.2 Å². The smallest absolute Gasteiger partial charge is 0.405 e. The molecule has 1 aromatic rings. The van der Waals surface area contributed by atoms with E-state index in [1.165, 1.54) is 6.07 Å². The van der Waals surface area contributed by atoms with Gasteiger partial charge in [-0.2, -0.15) is 0 Å². The molecule has 0 aliphatic carbocycles. The molecule has 13 heavy (non-hydrogen) atoms. The molecule has 0 saturated heterocycles. The van der Waals surface area contributed by atoms with Crippen LogP contribution in [0.15, 0.2) is 18.2 Å². The van der Waals surface area contributed by atoms with Crippen LogP contribution in [0.5, 0.6) is 5.75 Å². The number of hydrogen-bond donors (Lipinski definition) is 0. The molecule has 0 aliphatic heterocycles. The van der Waals surface area contributed by atoms with E-state index in [0.29, 0.717) is 6.07 Å². The first-order valence-corrected chi connectivity index (χ1v) is 4.17. The Morgan fingerprint density at radius 2 is 1.85 bits per heavy atom. The van der Waals surface area contributed by atoms with Crippen molar-refractivity contribution in [2.24, 2.45) is 0 Å². The molecule has 1 nitrogen and oxygen atoms in total. The van der Waals surface area contributed by atoms with Gasteiger partial charge in [-0.05, 0) is 34.7 Å². The average molecular weight is 306 g/mol. The highest BCUT2D eigenvalue weighted by molar-refractivity contribution is 14.1. The summed E-state index contributed by atoms with van der Waals surface area (Å²) in [5.41, 5.74) is 0. The second-order valence-electron chi connectivity index (χ2n) is 2.12. The number of alkyl halides is 3. The van der Waals surface area contributed by atoms with Crippen molar-refractivity contribution < 1.29 is 22.3 Å². The lowest BCUT2D eigenvalue weighted by Gasteiger charge is -2.09. The Morgan fingerprint density at radius 1 is 1.23 bits per heavy atom. The maximum atomic E-state index is 12.5. The normalized spacial score (nSPS) is 11.5. The van der Waals surface area contributed by atoms with Gasteiger partial charge < -0.3 is 4.74 Å². The summed E-state index contributed by atoms with van der Waals surface area (Å²) >= 11 is 1.63. The summed E-state index contributed by atoms with van der Waals surface area (Å²) < 4.78 is 51.4. The number of benzene rings is 1. The number of hydrogen-bond acceptors (Lipinski definition) is 1. The molecule has 0 radical (unpaired) electrons. The van der Waals surface area contributed by atoms with Crippen LogP contribution in [-0.4, -0.2) is 6.36 Å². The first kappa shape index (κ1) is 10.6. The van der Waals surface area contributed by atoms with Gasteiger partial charge in [-0.3, -0.25) is 0 Å². The van der Waals surface area contributed by atoms with Gasteiger partial charge in [-0.25, -0.2) is 4.39 Å². The van der Waals surface area contributed by atoms with Crippen LogP contribution in [0.4, 0.5) is 17.6 Å². The van der Waals surface area contributed by atoms with Crippen LogP contribution in [0.3, 0.4) is 0 Å². The lowest BCUT2D eigenvalue weighted by atomic mass is 10.3. The third-order valence-corrected chi connectivity index (χ3v) is 2.01. The molecule has 0 fully saturated rings. The fourth-order valence-corrected chi connectivity index (χ4v) is 1.13. The largest absolute Gasteiger partial charge is 0.573 e. The van der Waals surface area contributed by atoms with Gasteiger partial charge in [0.05, 0.1) is 3.57 Å². The van der Waals surface area contributed by atoms with Crippen LogP contribution in [0.1, 0.15) is 0 Å². The lowest BCUT2D eigenvalue weighted by Crippen LogP contribution is -2.17. The van der Waals surface area contributed by atoms with Crippen LogP contribution >= 0.6 is 22.6 Å². The molecule has 1 aromatic carbocycles. The monoisotopic (exact) mass is 306 g/mol. The minimum atomic E-state index is -4.78. The highest BCUT2D eigenvalue weighted by atomic mass is 127. The summed E-state index contributed by atoms with van der Waals surface area (Å²) in [5.74, 6) is -1.28. The lowest BCUT2D eigenvalue weighted by molar-refractivity contribution is -0.275. The van der Waals surface area contributed by atoms with Crippen molar-refractivity contribution in [1.29, 1.82) is 0 Å². The van der Waals surface area contributed by atoms with Crippen LogP contribution in [0, 0.1) is 9.39 Å². The summed E-state index contributed by atoms with van der Waals surface area (Å²) in [6.45, 7) is 0. The van der Waals surface area contributed by atoms with Gasteiger partial charge in [0.15, 0.2) is 0 Å². The third kappa shape index (κ3) is 3.37. The molecule has 0 bridgehead atoms. The van der Waals surface area contributed by atoms with Crippen LogP contribution < -0.4 is 4.74 Å². The van der Waals surface area contributed by atoms with E-state index >= 15 is 0 Å². The van der Waals surface area contributed by atoms with Gasteiger partial charge in [0.2, 0.25) is 0 Å². The van der Waals surface area contributed by atoms with E-state index in [4.69, 9.17) is 0 Å². The number of ether oxygens (including phenoxy) is 1. The predicted octanol–water partition coefficient (Wildman–Crippen LogP) is 3.33. The highest BCUT2D eigenvalue weighted by Gasteiger charge is 2.32. The van der Waals surface area contributed by atoms with Gasteiger partial charge >= 0.3 is 6.36 Å². The Kier molecular flexibility index (Phi) is 2.99. The number of halogens is 5. The predicted molar refractivity (Wildman–Crippen MR) is 45.8 cm³/mol. The topological polar surface area (TPSA) is 9.23 Å². The molecule has 0 aromatic heterocycles. The molecule has 72 valence electrons. The molecule has 0 aliphatic rings. The zero-order chi connectivity index (χ0) is 10.1. The van der Waals surface area contributed by atoms with E-state index in [0.717, 1.165) is 6.07 Å². The van der Waals surface area contributed by atoms with E-state index in [9.17, 15) is 17.6 Å². The first-order chi connectivity index (χ1) is 5.88. The van der Waals surface area contributed by atoms with E-state index in [-0.39, 0.29) is 3.57 Å². The Hall–Kier alpha value is -0.530. The molecule has 0 unspecified atom stereocenters. The Bertz CT molecular complexity index is 310. The maximum absolute atomic E-state index is 12.5. The summed E-state index contributed by atoms with van der Waals surface area (Å²) in [5, 5.41) is 0. The van der Waals surface area contributed by atoms with Crippen molar-refractivity contribution in [3.63, 3.8) is 0 Å². The summed E-state index contributed by atoms with van der Waals surface area (Å²) in [6, 6.07) is 2.96. The van der Waals surface area contributed by atoms with Crippen molar-refractivity contribution in [2.45, 2.75) is 6.36 Å². The Balaban J connectivity index is 2.94. The minimum Gasteiger partial charge on any atom is -0.405 e. The molecule has 0 amide bonds. The molecule has 0 atom stereocenters. The van der Waals surface area contributed by atoms with E-state index in [2.05, 4.69) is 4.74 Å². The van der Waals surface area contributed by atoms with Gasteiger partial charge in [-0.1, -0.05) is 0 Å². The van der Waals surface area contributed by atoms with Crippen molar-refractivity contribution in [3.05, 3.63) is 27.6 Å². The molecule has 0 spiro atoms. The first-order valence-electron chi connectivity index (χ1n) is 3.09. The van der Waals surface area contributed by atoms with Crippen molar-refractivity contribution >= 4 is 22.6 Å².